The Bertz CT molecular complexity index is 884. The minimum atomic E-state index is -3.55. The molecule has 0 aliphatic carbocycles. The lowest BCUT2D eigenvalue weighted by molar-refractivity contribution is -0.126. The van der Waals surface area contributed by atoms with E-state index in [1.807, 2.05) is 12.1 Å². The van der Waals surface area contributed by atoms with Gasteiger partial charge in [-0.05, 0) is 58.6 Å². The third-order valence-electron chi connectivity index (χ3n) is 4.28. The van der Waals surface area contributed by atoms with Crippen molar-refractivity contribution in [1.82, 2.24) is 9.62 Å². The largest absolute Gasteiger partial charge is 0.352 e. The Kier molecular flexibility index (Phi) is 6.40. The molecule has 1 N–H and O–H groups in total. The maximum Gasteiger partial charge on any atom is 0.252 e. The lowest BCUT2D eigenvalue weighted by Gasteiger charge is -2.30. The molecule has 1 aliphatic heterocycles. The number of rotatable bonds is 5. The van der Waals surface area contributed by atoms with Gasteiger partial charge < -0.3 is 5.32 Å². The van der Waals surface area contributed by atoms with Gasteiger partial charge in [-0.2, -0.15) is 4.31 Å². The molecule has 3 rings (SSSR count). The lowest BCUT2D eigenvalue weighted by atomic mass is 9.99. The van der Waals surface area contributed by atoms with Gasteiger partial charge in [0.2, 0.25) is 5.91 Å². The highest BCUT2D eigenvalue weighted by atomic mass is 79.9. The standard InChI is InChI=1S/C17H18BrClN2O3S2/c18-15-7-8-16(25-15)26(23,24)21-9-1-2-13(11-21)17(22)20-10-12-3-5-14(19)6-4-12/h3-8,13H,1-2,9-11H2,(H,20,22). The number of halogens is 2. The Morgan fingerprint density at radius 1 is 1.27 bits per heavy atom. The van der Waals surface area contributed by atoms with E-state index in [2.05, 4.69) is 21.2 Å². The first kappa shape index (κ1) is 19.8. The molecule has 0 saturated carbocycles. The van der Waals surface area contributed by atoms with Crippen LogP contribution < -0.4 is 5.32 Å². The minimum absolute atomic E-state index is 0.118. The molecule has 1 atom stereocenters. The van der Waals surface area contributed by atoms with Crippen LogP contribution in [0.3, 0.4) is 0 Å². The molecular weight excluding hydrogens is 460 g/mol. The molecule has 5 nitrogen and oxygen atoms in total. The molecule has 0 spiro atoms. The van der Waals surface area contributed by atoms with Crippen LogP contribution in [0.25, 0.3) is 0 Å². The fourth-order valence-corrected chi connectivity index (χ4v) is 6.69. The first-order valence-corrected chi connectivity index (χ1v) is 11.6. The highest BCUT2D eigenvalue weighted by molar-refractivity contribution is 9.11. The molecule has 1 aromatic heterocycles. The number of thiophene rings is 1. The van der Waals surface area contributed by atoms with E-state index in [0.717, 1.165) is 9.35 Å². The summed E-state index contributed by atoms with van der Waals surface area (Å²) in [6.07, 6.45) is 1.36. The van der Waals surface area contributed by atoms with E-state index in [0.29, 0.717) is 35.2 Å². The van der Waals surface area contributed by atoms with Gasteiger partial charge in [-0.3, -0.25) is 4.79 Å². The van der Waals surface area contributed by atoms with Crippen LogP contribution in [0, 0.1) is 5.92 Å². The van der Waals surface area contributed by atoms with E-state index in [4.69, 9.17) is 11.6 Å². The number of benzene rings is 1. The van der Waals surface area contributed by atoms with Crippen LogP contribution >= 0.6 is 38.9 Å². The molecular formula is C17H18BrClN2O3S2. The molecule has 0 radical (unpaired) electrons. The first-order valence-electron chi connectivity index (χ1n) is 8.14. The van der Waals surface area contributed by atoms with Crippen LogP contribution in [-0.2, 0) is 21.4 Å². The second kappa shape index (κ2) is 8.39. The quantitative estimate of drug-likeness (QED) is 0.711. The second-order valence-electron chi connectivity index (χ2n) is 6.11. The molecule has 140 valence electrons. The van der Waals surface area contributed by atoms with Crippen molar-refractivity contribution in [2.45, 2.75) is 23.6 Å². The number of nitrogens with one attached hydrogen (secondary N) is 1. The number of carbonyl (C=O) groups excluding carboxylic acids is 1. The van der Waals surface area contributed by atoms with Crippen molar-refractivity contribution in [2.24, 2.45) is 5.92 Å². The topological polar surface area (TPSA) is 66.5 Å². The molecule has 1 unspecified atom stereocenters. The van der Waals surface area contributed by atoms with Crippen molar-refractivity contribution in [1.29, 1.82) is 0 Å². The van der Waals surface area contributed by atoms with Gasteiger partial charge in [0.05, 0.1) is 9.70 Å². The van der Waals surface area contributed by atoms with Crippen molar-refractivity contribution in [3.05, 3.63) is 50.8 Å². The number of nitrogens with zero attached hydrogens (tertiary/aromatic N) is 1. The molecule has 9 heteroatoms. The fourth-order valence-electron chi connectivity index (χ4n) is 2.87. The molecule has 1 amide bonds. The maximum absolute atomic E-state index is 12.8. The summed E-state index contributed by atoms with van der Waals surface area (Å²) < 4.78 is 28.0. The summed E-state index contributed by atoms with van der Waals surface area (Å²) in [6, 6.07) is 10.6. The summed E-state index contributed by atoms with van der Waals surface area (Å²) in [5.74, 6) is -0.457. The van der Waals surface area contributed by atoms with Crippen LogP contribution in [0.15, 0.2) is 44.4 Å². The van der Waals surface area contributed by atoms with E-state index >= 15 is 0 Å². The zero-order valence-corrected chi connectivity index (χ0v) is 17.8. The van der Waals surface area contributed by atoms with E-state index in [9.17, 15) is 13.2 Å². The van der Waals surface area contributed by atoms with E-state index in [1.165, 1.54) is 15.6 Å². The zero-order chi connectivity index (χ0) is 18.7. The van der Waals surface area contributed by atoms with Gasteiger partial charge in [0.1, 0.15) is 4.21 Å². The molecule has 1 aliphatic rings. The maximum atomic E-state index is 12.8. The molecule has 2 aromatic rings. The Balaban J connectivity index is 1.62. The van der Waals surface area contributed by atoms with Gasteiger partial charge in [0.15, 0.2) is 0 Å². The number of piperidine rings is 1. The molecule has 1 aromatic carbocycles. The Morgan fingerprint density at radius 3 is 2.65 bits per heavy atom. The van der Waals surface area contributed by atoms with Crippen LogP contribution in [0.4, 0.5) is 0 Å². The van der Waals surface area contributed by atoms with Gasteiger partial charge in [-0.1, -0.05) is 23.7 Å². The van der Waals surface area contributed by atoms with Crippen molar-refractivity contribution < 1.29 is 13.2 Å². The third-order valence-corrected chi connectivity index (χ3v) is 8.49. The molecule has 26 heavy (non-hydrogen) atoms. The molecule has 0 bridgehead atoms. The summed E-state index contributed by atoms with van der Waals surface area (Å²) in [4.78, 5) is 12.5. The number of carbonyl (C=O) groups is 1. The van der Waals surface area contributed by atoms with Crippen LogP contribution in [0.5, 0.6) is 0 Å². The smallest absolute Gasteiger partial charge is 0.252 e. The van der Waals surface area contributed by atoms with Crippen molar-refractivity contribution in [3.8, 4) is 0 Å². The zero-order valence-electron chi connectivity index (χ0n) is 13.8. The Hall–Kier alpha value is -0.930. The molecule has 2 heterocycles. The summed E-state index contributed by atoms with van der Waals surface area (Å²) in [5.41, 5.74) is 0.950. The van der Waals surface area contributed by atoms with Gasteiger partial charge in [0, 0.05) is 24.7 Å². The number of hydrogen-bond donors (Lipinski definition) is 1. The third kappa shape index (κ3) is 4.67. The average Bonchev–Trinajstić information content (AvgIpc) is 3.08. The van der Waals surface area contributed by atoms with Gasteiger partial charge in [-0.25, -0.2) is 8.42 Å². The molecule has 1 saturated heterocycles. The summed E-state index contributed by atoms with van der Waals surface area (Å²) in [7, 11) is -3.55. The summed E-state index contributed by atoms with van der Waals surface area (Å²) in [5, 5.41) is 3.54. The summed E-state index contributed by atoms with van der Waals surface area (Å²) >= 11 is 10.3. The Labute approximate surface area is 170 Å². The van der Waals surface area contributed by atoms with Crippen LogP contribution in [-0.4, -0.2) is 31.7 Å². The van der Waals surface area contributed by atoms with Crippen molar-refractivity contribution >= 4 is 54.8 Å². The number of amides is 1. The predicted molar refractivity (Wildman–Crippen MR) is 107 cm³/mol. The average molecular weight is 478 g/mol. The van der Waals surface area contributed by atoms with E-state index in [1.54, 1.807) is 24.3 Å². The van der Waals surface area contributed by atoms with Crippen LogP contribution in [0.2, 0.25) is 5.02 Å². The second-order valence-corrected chi connectivity index (χ2v) is 11.2. The SMILES string of the molecule is O=C(NCc1ccc(Cl)cc1)C1CCCN(S(=O)(=O)c2ccc(Br)s2)C1. The number of sulfonamides is 1. The predicted octanol–water partition coefficient (Wildman–Crippen LogP) is 3.88. The minimum Gasteiger partial charge on any atom is -0.352 e. The molecule has 1 fully saturated rings. The van der Waals surface area contributed by atoms with Crippen molar-refractivity contribution in [3.63, 3.8) is 0 Å². The van der Waals surface area contributed by atoms with Gasteiger partial charge in [0.25, 0.3) is 10.0 Å². The highest BCUT2D eigenvalue weighted by Crippen LogP contribution is 2.30. The number of hydrogen-bond acceptors (Lipinski definition) is 4. The van der Waals surface area contributed by atoms with Gasteiger partial charge >= 0.3 is 0 Å². The van der Waals surface area contributed by atoms with E-state index < -0.39 is 10.0 Å². The normalized spacial score (nSPS) is 18.6. The highest BCUT2D eigenvalue weighted by Gasteiger charge is 2.33. The summed E-state index contributed by atoms with van der Waals surface area (Å²) in [6.45, 7) is 1.06. The monoisotopic (exact) mass is 476 g/mol. The Morgan fingerprint density at radius 2 is 2.00 bits per heavy atom. The van der Waals surface area contributed by atoms with Gasteiger partial charge in [-0.15, -0.1) is 11.3 Å². The van der Waals surface area contributed by atoms with E-state index in [-0.39, 0.29) is 18.4 Å². The fraction of sp³-hybridized carbons (Fsp3) is 0.353. The van der Waals surface area contributed by atoms with Crippen molar-refractivity contribution in [2.75, 3.05) is 13.1 Å². The lowest BCUT2D eigenvalue weighted by Crippen LogP contribution is -2.45. The first-order chi connectivity index (χ1) is 12.4. The van der Waals surface area contributed by atoms with Crippen LogP contribution in [0.1, 0.15) is 18.4 Å².